The minimum Gasteiger partial charge on any atom is -0.497 e. The maximum Gasteiger partial charge on any atom is 0.238 e. The highest BCUT2D eigenvalue weighted by molar-refractivity contribution is 6.31. The van der Waals surface area contributed by atoms with Crippen molar-refractivity contribution in [2.24, 2.45) is 0 Å². The van der Waals surface area contributed by atoms with E-state index in [-0.39, 0.29) is 18.2 Å². The molecule has 6 nitrogen and oxygen atoms in total. The summed E-state index contributed by atoms with van der Waals surface area (Å²) in [6.07, 6.45) is 5.88. The Morgan fingerprint density at radius 1 is 0.927 bits per heavy atom. The molecule has 1 spiro atoms. The van der Waals surface area contributed by atoms with Crippen molar-refractivity contribution in [1.29, 1.82) is 0 Å². The molecule has 0 aromatic heterocycles. The molecule has 2 heterocycles. The zero-order chi connectivity index (χ0) is 28.7. The summed E-state index contributed by atoms with van der Waals surface area (Å²) in [5, 5.41) is 7.15. The van der Waals surface area contributed by atoms with E-state index in [0.29, 0.717) is 49.7 Å². The molecule has 4 aromatic carbocycles. The molecule has 0 aliphatic carbocycles. The second-order valence-corrected chi connectivity index (χ2v) is 10.9. The number of anilines is 1. The van der Waals surface area contributed by atoms with E-state index in [4.69, 9.17) is 39.1 Å². The molecule has 204 valence electrons. The molecule has 8 heteroatoms. The number of hydrogen-bond acceptors (Lipinski definition) is 4. The number of ether oxygens (including phenoxy) is 2. The van der Waals surface area contributed by atoms with Gasteiger partial charge in [-0.05, 0) is 77.9 Å². The van der Waals surface area contributed by atoms with Crippen LogP contribution in [0.5, 0.6) is 17.2 Å². The molecule has 2 N–H and O–H groups in total. The van der Waals surface area contributed by atoms with Gasteiger partial charge >= 0.3 is 0 Å². The number of hydrogen-bond donors (Lipinski definition) is 2. The van der Waals surface area contributed by atoms with Crippen LogP contribution in [0.2, 0.25) is 10.0 Å². The number of amides is 2. The van der Waals surface area contributed by atoms with Crippen LogP contribution >= 0.6 is 23.2 Å². The number of rotatable bonds is 5. The quantitative estimate of drug-likeness (QED) is 0.248. The van der Waals surface area contributed by atoms with Gasteiger partial charge in [-0.2, -0.15) is 0 Å². The van der Waals surface area contributed by atoms with Gasteiger partial charge in [0.25, 0.3) is 0 Å². The van der Waals surface area contributed by atoms with Crippen molar-refractivity contribution < 1.29 is 19.1 Å². The summed E-state index contributed by atoms with van der Waals surface area (Å²) in [5.41, 5.74) is 1.93. The summed E-state index contributed by atoms with van der Waals surface area (Å²) in [4.78, 5) is 27.8. The van der Waals surface area contributed by atoms with Gasteiger partial charge in [0.1, 0.15) is 22.7 Å². The van der Waals surface area contributed by atoms with Gasteiger partial charge in [0, 0.05) is 39.2 Å². The average Bonchev–Trinajstić information content (AvgIpc) is 3.25. The van der Waals surface area contributed by atoms with Gasteiger partial charge in [-0.1, -0.05) is 47.3 Å². The number of piperidine rings is 1. The highest BCUT2D eigenvalue weighted by Crippen LogP contribution is 2.58. The van der Waals surface area contributed by atoms with Gasteiger partial charge in [-0.15, -0.1) is 6.42 Å². The maximum atomic E-state index is 14.3. The fourth-order valence-corrected chi connectivity index (χ4v) is 6.37. The molecule has 2 aliphatic rings. The average molecular weight is 583 g/mol. The minimum absolute atomic E-state index is 0.0653. The number of halogens is 2. The van der Waals surface area contributed by atoms with Crippen molar-refractivity contribution in [3.63, 3.8) is 0 Å². The van der Waals surface area contributed by atoms with Crippen LogP contribution in [0.1, 0.15) is 40.6 Å². The zero-order valence-electron chi connectivity index (χ0n) is 21.9. The predicted molar refractivity (Wildman–Crippen MR) is 159 cm³/mol. The minimum atomic E-state index is -1.27. The fourth-order valence-electron chi connectivity index (χ4n) is 6.00. The Balaban J connectivity index is 1.59. The molecule has 0 bridgehead atoms. The Bertz CT molecular complexity index is 1730. The smallest absolute Gasteiger partial charge is 0.238 e. The van der Waals surface area contributed by atoms with Crippen molar-refractivity contribution in [2.75, 3.05) is 12.4 Å². The van der Waals surface area contributed by atoms with Crippen molar-refractivity contribution in [3.05, 3.63) is 117 Å². The molecule has 0 saturated carbocycles. The van der Waals surface area contributed by atoms with E-state index < -0.39 is 17.4 Å². The molecule has 3 unspecified atom stereocenters. The fraction of sp³-hybridized carbons (Fsp3) is 0.152. The normalized spacial score (nSPS) is 21.0. The van der Waals surface area contributed by atoms with Crippen LogP contribution in [0.3, 0.4) is 0 Å². The summed E-state index contributed by atoms with van der Waals surface area (Å²) in [7, 11) is 1.59. The number of methoxy groups -OCH3 is 1. The van der Waals surface area contributed by atoms with E-state index >= 15 is 0 Å². The maximum absolute atomic E-state index is 14.3. The van der Waals surface area contributed by atoms with Crippen LogP contribution < -0.4 is 20.1 Å². The van der Waals surface area contributed by atoms with E-state index in [9.17, 15) is 9.59 Å². The number of benzene rings is 4. The molecule has 2 aliphatic heterocycles. The van der Waals surface area contributed by atoms with E-state index in [1.807, 2.05) is 18.2 Å². The van der Waals surface area contributed by atoms with Crippen molar-refractivity contribution in [1.82, 2.24) is 5.32 Å². The molecule has 6 rings (SSSR count). The standard InChI is InChI=1S/C33H24Cl2N2O4/c1-3-19-7-14-29(41-24-11-9-23(40-2)10-12-24)25(15-19)31-33(26-13-8-22(35)17-28(26)36-32(33)39)27(18-30(38)37-31)20-5-4-6-21(34)16-20/h1,4-17,27,31H,18H2,2H3,(H,36,39)(H,37,38). The molecule has 2 amide bonds. The van der Waals surface area contributed by atoms with Crippen LogP contribution in [0.25, 0.3) is 0 Å². The molecule has 0 radical (unpaired) electrons. The highest BCUT2D eigenvalue weighted by Gasteiger charge is 2.61. The Labute approximate surface area is 247 Å². The molecule has 4 aromatic rings. The van der Waals surface area contributed by atoms with Gasteiger partial charge in [-0.3, -0.25) is 9.59 Å². The Morgan fingerprint density at radius 3 is 2.41 bits per heavy atom. The molecule has 1 saturated heterocycles. The number of carbonyl (C=O) groups is 2. The van der Waals surface area contributed by atoms with Gasteiger partial charge in [0.15, 0.2) is 0 Å². The first-order chi connectivity index (χ1) is 19.8. The lowest BCUT2D eigenvalue weighted by Gasteiger charge is -2.46. The summed E-state index contributed by atoms with van der Waals surface area (Å²) in [6, 6.07) is 24.2. The van der Waals surface area contributed by atoms with Crippen LogP contribution in [0.15, 0.2) is 84.9 Å². The van der Waals surface area contributed by atoms with Gasteiger partial charge in [0.05, 0.1) is 13.2 Å². The monoisotopic (exact) mass is 582 g/mol. The Morgan fingerprint density at radius 2 is 1.68 bits per heavy atom. The van der Waals surface area contributed by atoms with E-state index in [0.717, 1.165) is 5.56 Å². The number of terminal acetylenes is 1. The lowest BCUT2D eigenvalue weighted by Crippen LogP contribution is -2.56. The lowest BCUT2D eigenvalue weighted by atomic mass is 9.59. The van der Waals surface area contributed by atoms with Crippen LogP contribution in [-0.4, -0.2) is 18.9 Å². The third-order valence-corrected chi connectivity index (χ3v) is 8.25. The van der Waals surface area contributed by atoms with Gasteiger partial charge < -0.3 is 20.1 Å². The predicted octanol–water partition coefficient (Wildman–Crippen LogP) is 7.01. The second kappa shape index (κ2) is 10.5. The first-order valence-corrected chi connectivity index (χ1v) is 13.7. The first kappa shape index (κ1) is 26.8. The topological polar surface area (TPSA) is 76.7 Å². The van der Waals surface area contributed by atoms with E-state index in [1.54, 1.807) is 73.8 Å². The largest absolute Gasteiger partial charge is 0.497 e. The molecule has 3 atom stereocenters. The van der Waals surface area contributed by atoms with Crippen LogP contribution in [-0.2, 0) is 15.0 Å². The first-order valence-electron chi connectivity index (χ1n) is 12.9. The second-order valence-electron chi connectivity index (χ2n) is 10.00. The SMILES string of the molecule is C#Cc1ccc(Oc2ccc(OC)cc2)c(C2NC(=O)CC(c3cccc(Cl)c3)C23C(=O)Nc2cc(Cl)ccc23)c1. The number of carbonyl (C=O) groups excluding carboxylic acids is 2. The third-order valence-electron chi connectivity index (χ3n) is 7.78. The number of nitrogens with one attached hydrogen (secondary N) is 2. The summed E-state index contributed by atoms with van der Waals surface area (Å²) in [5.74, 6) is 3.29. The molecule has 1 fully saturated rings. The van der Waals surface area contributed by atoms with Gasteiger partial charge in [-0.25, -0.2) is 0 Å². The summed E-state index contributed by atoms with van der Waals surface area (Å²) >= 11 is 12.7. The Kier molecular flexibility index (Phi) is 6.86. The summed E-state index contributed by atoms with van der Waals surface area (Å²) < 4.78 is 11.6. The van der Waals surface area contributed by atoms with Crippen molar-refractivity contribution >= 4 is 40.7 Å². The van der Waals surface area contributed by atoms with Gasteiger partial charge in [0.2, 0.25) is 11.8 Å². The van der Waals surface area contributed by atoms with Crippen molar-refractivity contribution in [2.45, 2.75) is 23.8 Å². The van der Waals surface area contributed by atoms with Crippen LogP contribution in [0, 0.1) is 12.3 Å². The zero-order valence-corrected chi connectivity index (χ0v) is 23.4. The van der Waals surface area contributed by atoms with E-state index in [1.165, 1.54) is 0 Å². The van der Waals surface area contributed by atoms with E-state index in [2.05, 4.69) is 16.6 Å². The van der Waals surface area contributed by atoms with Crippen LogP contribution in [0.4, 0.5) is 5.69 Å². The summed E-state index contributed by atoms with van der Waals surface area (Å²) in [6.45, 7) is 0. The van der Waals surface area contributed by atoms with Crippen molar-refractivity contribution in [3.8, 4) is 29.6 Å². The molecule has 41 heavy (non-hydrogen) atoms. The third kappa shape index (κ3) is 4.58. The highest BCUT2D eigenvalue weighted by atomic mass is 35.5. The Hall–Kier alpha value is -4.44. The lowest BCUT2D eigenvalue weighted by molar-refractivity contribution is -0.131. The number of fused-ring (bicyclic) bond motifs is 2. The molecular formula is C33H24Cl2N2O4. The molecular weight excluding hydrogens is 559 g/mol.